The van der Waals surface area contributed by atoms with E-state index in [4.69, 9.17) is 9.52 Å². The summed E-state index contributed by atoms with van der Waals surface area (Å²) in [5.41, 5.74) is 1.29. The highest BCUT2D eigenvalue weighted by Gasteiger charge is 2.23. The first-order chi connectivity index (χ1) is 11.8. The summed E-state index contributed by atoms with van der Waals surface area (Å²) in [4.78, 5) is 25.3. The van der Waals surface area contributed by atoms with E-state index < -0.39 is 5.97 Å². The highest BCUT2D eigenvalue weighted by Crippen LogP contribution is 2.28. The van der Waals surface area contributed by atoms with Gasteiger partial charge in [-0.1, -0.05) is 44.2 Å². The van der Waals surface area contributed by atoms with Gasteiger partial charge in [0.25, 0.3) is 0 Å². The number of aromatic carboxylic acids is 1. The quantitative estimate of drug-likeness (QED) is 0.822. The Hall–Kier alpha value is -2.56. The van der Waals surface area contributed by atoms with Gasteiger partial charge in [0.15, 0.2) is 0 Å². The predicted octanol–water partition coefficient (Wildman–Crippen LogP) is 4.07. The van der Waals surface area contributed by atoms with Gasteiger partial charge in [0, 0.05) is 13.5 Å². The topological polar surface area (TPSA) is 70.8 Å². The molecule has 0 aliphatic heterocycles. The van der Waals surface area contributed by atoms with Crippen LogP contribution in [0.3, 0.4) is 0 Å². The fraction of sp³-hybridized carbons (Fsp3) is 0.400. The fourth-order valence-corrected chi connectivity index (χ4v) is 2.94. The summed E-state index contributed by atoms with van der Waals surface area (Å²) in [5.74, 6) is 0.298. The lowest BCUT2D eigenvalue weighted by Crippen LogP contribution is -2.28. The molecule has 1 aromatic heterocycles. The van der Waals surface area contributed by atoms with Gasteiger partial charge in [-0.05, 0) is 30.4 Å². The van der Waals surface area contributed by atoms with Gasteiger partial charge in [0.2, 0.25) is 5.91 Å². The molecule has 0 fully saturated rings. The molecule has 1 aromatic carbocycles. The maximum atomic E-state index is 12.6. The number of rotatable bonds is 7. The molecule has 0 bridgehead atoms. The average molecular weight is 343 g/mol. The molecule has 1 amide bonds. The van der Waals surface area contributed by atoms with E-state index in [0.717, 1.165) is 5.56 Å². The smallest absolute Gasteiger partial charge is 0.339 e. The molecule has 5 heteroatoms. The first kappa shape index (κ1) is 18.8. The van der Waals surface area contributed by atoms with Crippen LogP contribution in [0.4, 0.5) is 0 Å². The second-order valence-electron chi connectivity index (χ2n) is 6.70. The maximum absolute atomic E-state index is 12.6. The second-order valence-corrected chi connectivity index (χ2v) is 6.70. The normalized spacial score (nSPS) is 12.2. The lowest BCUT2D eigenvalue weighted by atomic mass is 9.85. The number of amides is 1. The Bertz CT molecular complexity index is 733. The number of nitrogens with zero attached hydrogens (tertiary/aromatic N) is 1. The third kappa shape index (κ3) is 4.72. The van der Waals surface area contributed by atoms with Gasteiger partial charge in [-0.15, -0.1) is 0 Å². The minimum Gasteiger partial charge on any atom is -0.478 e. The molecule has 5 nitrogen and oxygen atoms in total. The van der Waals surface area contributed by atoms with E-state index in [9.17, 15) is 9.59 Å². The highest BCUT2D eigenvalue weighted by atomic mass is 16.4. The van der Waals surface area contributed by atoms with Crippen LogP contribution in [-0.2, 0) is 11.3 Å². The van der Waals surface area contributed by atoms with Crippen LogP contribution in [0.1, 0.15) is 53.6 Å². The number of benzene rings is 1. The molecule has 2 rings (SSSR count). The summed E-state index contributed by atoms with van der Waals surface area (Å²) in [6, 6.07) is 11.5. The summed E-state index contributed by atoms with van der Waals surface area (Å²) in [5, 5.41) is 9.09. The Kier molecular flexibility index (Phi) is 6.02. The van der Waals surface area contributed by atoms with Gasteiger partial charge in [-0.3, -0.25) is 4.79 Å². The molecule has 134 valence electrons. The molecule has 0 spiro atoms. The van der Waals surface area contributed by atoms with E-state index in [1.54, 1.807) is 18.9 Å². The van der Waals surface area contributed by atoms with Crippen molar-refractivity contribution in [2.24, 2.45) is 5.92 Å². The molecule has 1 N–H and O–H groups in total. The van der Waals surface area contributed by atoms with Crippen molar-refractivity contribution in [2.45, 2.75) is 39.7 Å². The van der Waals surface area contributed by atoms with E-state index in [-0.39, 0.29) is 23.9 Å². The van der Waals surface area contributed by atoms with Crippen LogP contribution in [0, 0.1) is 12.8 Å². The van der Waals surface area contributed by atoms with E-state index in [1.807, 2.05) is 30.3 Å². The first-order valence-electron chi connectivity index (χ1n) is 8.41. The van der Waals surface area contributed by atoms with Gasteiger partial charge in [0.05, 0.1) is 6.54 Å². The van der Waals surface area contributed by atoms with Crippen molar-refractivity contribution < 1.29 is 19.1 Å². The maximum Gasteiger partial charge on any atom is 0.339 e. The number of aryl methyl sites for hydroxylation is 1. The van der Waals surface area contributed by atoms with Crippen LogP contribution in [0.5, 0.6) is 0 Å². The highest BCUT2D eigenvalue weighted by molar-refractivity contribution is 5.88. The van der Waals surface area contributed by atoms with E-state index >= 15 is 0 Å². The zero-order valence-corrected chi connectivity index (χ0v) is 15.2. The van der Waals surface area contributed by atoms with Gasteiger partial charge >= 0.3 is 5.97 Å². The molecular formula is C20H25NO4. The number of hydrogen-bond acceptors (Lipinski definition) is 3. The van der Waals surface area contributed by atoms with Crippen molar-refractivity contribution in [1.82, 2.24) is 4.90 Å². The standard InChI is InChI=1S/C20H25NO4/c1-13(2)17(15-8-6-5-7-9-15)11-19(22)21(4)12-16-10-18(20(23)24)14(3)25-16/h5-10,13,17H,11-12H2,1-4H3,(H,23,24). The third-order valence-corrected chi connectivity index (χ3v) is 4.44. The van der Waals surface area contributed by atoms with Gasteiger partial charge in [-0.25, -0.2) is 4.79 Å². The van der Waals surface area contributed by atoms with Crippen LogP contribution in [0.15, 0.2) is 40.8 Å². The molecule has 25 heavy (non-hydrogen) atoms. The van der Waals surface area contributed by atoms with E-state index in [0.29, 0.717) is 23.9 Å². The van der Waals surface area contributed by atoms with Crippen molar-refractivity contribution in [3.8, 4) is 0 Å². The van der Waals surface area contributed by atoms with Crippen LogP contribution in [0.25, 0.3) is 0 Å². The van der Waals surface area contributed by atoms with Crippen molar-refractivity contribution in [3.05, 3.63) is 59.0 Å². The molecule has 0 aliphatic carbocycles. The zero-order chi connectivity index (χ0) is 18.6. The number of carbonyl (C=O) groups is 2. The molecule has 1 unspecified atom stereocenters. The number of carbonyl (C=O) groups excluding carboxylic acids is 1. The van der Waals surface area contributed by atoms with Gasteiger partial charge in [-0.2, -0.15) is 0 Å². The minimum atomic E-state index is -1.02. The van der Waals surface area contributed by atoms with Crippen LogP contribution >= 0.6 is 0 Å². The summed E-state index contributed by atoms with van der Waals surface area (Å²) >= 11 is 0. The van der Waals surface area contributed by atoms with Crippen LogP contribution in [0.2, 0.25) is 0 Å². The molecule has 1 atom stereocenters. The molecule has 2 aromatic rings. The predicted molar refractivity (Wildman–Crippen MR) is 95.5 cm³/mol. The Morgan fingerprint density at radius 1 is 1.20 bits per heavy atom. The molecule has 0 saturated heterocycles. The monoisotopic (exact) mass is 343 g/mol. The van der Waals surface area contributed by atoms with E-state index in [2.05, 4.69) is 13.8 Å². The molecule has 0 aliphatic rings. The van der Waals surface area contributed by atoms with Crippen LogP contribution < -0.4 is 0 Å². The largest absolute Gasteiger partial charge is 0.478 e. The van der Waals surface area contributed by atoms with E-state index in [1.165, 1.54) is 6.07 Å². The van der Waals surface area contributed by atoms with Gasteiger partial charge < -0.3 is 14.4 Å². The zero-order valence-electron chi connectivity index (χ0n) is 15.2. The third-order valence-electron chi connectivity index (χ3n) is 4.44. The fourth-order valence-electron chi connectivity index (χ4n) is 2.94. The number of carboxylic acids is 1. The van der Waals surface area contributed by atoms with Crippen LogP contribution in [-0.4, -0.2) is 28.9 Å². The number of hydrogen-bond donors (Lipinski definition) is 1. The number of carboxylic acid groups (broad SMARTS) is 1. The summed E-state index contributed by atoms with van der Waals surface area (Å²) in [6.07, 6.45) is 0.406. The van der Waals surface area contributed by atoms with Gasteiger partial charge in [0.1, 0.15) is 17.1 Å². The minimum absolute atomic E-state index is 0.00785. The van der Waals surface area contributed by atoms with Crippen molar-refractivity contribution in [1.29, 1.82) is 0 Å². The molecule has 0 saturated carbocycles. The summed E-state index contributed by atoms with van der Waals surface area (Å²) in [7, 11) is 1.71. The van der Waals surface area contributed by atoms with Crippen molar-refractivity contribution in [3.63, 3.8) is 0 Å². The Balaban J connectivity index is 2.06. The Morgan fingerprint density at radius 3 is 2.36 bits per heavy atom. The van der Waals surface area contributed by atoms with Crippen molar-refractivity contribution in [2.75, 3.05) is 7.05 Å². The average Bonchev–Trinajstić information content (AvgIpc) is 2.93. The summed E-state index contributed by atoms with van der Waals surface area (Å²) in [6.45, 7) is 6.09. The molecular weight excluding hydrogens is 318 g/mol. The van der Waals surface area contributed by atoms with Crippen molar-refractivity contribution >= 4 is 11.9 Å². The number of furan rings is 1. The molecule has 0 radical (unpaired) electrons. The molecule has 1 heterocycles. The lowest BCUT2D eigenvalue weighted by molar-refractivity contribution is -0.131. The Labute approximate surface area is 148 Å². The Morgan fingerprint density at radius 2 is 1.84 bits per heavy atom. The first-order valence-corrected chi connectivity index (χ1v) is 8.41. The SMILES string of the molecule is Cc1oc(CN(C)C(=O)CC(c2ccccc2)C(C)C)cc1C(=O)O. The lowest BCUT2D eigenvalue weighted by Gasteiger charge is -2.24. The second kappa shape index (κ2) is 8.01. The summed E-state index contributed by atoms with van der Waals surface area (Å²) < 4.78 is 5.46.